The quantitative estimate of drug-likeness (QED) is 0.928. The molecule has 2 aliphatic heterocycles. The molecular weight excluding hydrogens is 264 g/mol. The van der Waals surface area contributed by atoms with E-state index in [0.29, 0.717) is 25.2 Å². The first-order valence-electron chi connectivity index (χ1n) is 7.67. The van der Waals surface area contributed by atoms with Gasteiger partial charge < -0.3 is 5.32 Å². The first kappa shape index (κ1) is 14.3. The Morgan fingerprint density at radius 2 is 1.71 bits per heavy atom. The second-order valence-corrected chi connectivity index (χ2v) is 6.43. The van der Waals surface area contributed by atoms with E-state index < -0.39 is 0 Å². The standard InChI is InChI=1S/C17H22N2O2/c1-11-5-12(2)7-13(6-11)18-17(21)10-19-14-3-4-15(19)9-16(20)8-14/h5-7,14-15H,3-4,8-10H2,1-2H3,(H,18,21)/t14-,15-/m0/s1. The van der Waals surface area contributed by atoms with Crippen molar-refractivity contribution in [2.24, 2.45) is 0 Å². The van der Waals surface area contributed by atoms with Gasteiger partial charge in [-0.2, -0.15) is 0 Å². The lowest BCUT2D eigenvalue weighted by Gasteiger charge is -2.33. The number of anilines is 1. The number of Topliss-reactive ketones (excluding diaryl/α,β-unsaturated/α-hetero) is 1. The van der Waals surface area contributed by atoms with Gasteiger partial charge in [0.1, 0.15) is 5.78 Å². The zero-order valence-electron chi connectivity index (χ0n) is 12.7. The normalized spacial score (nSPS) is 25.1. The number of nitrogens with zero attached hydrogens (tertiary/aromatic N) is 1. The summed E-state index contributed by atoms with van der Waals surface area (Å²) in [7, 11) is 0. The van der Waals surface area contributed by atoms with Crippen molar-refractivity contribution in [3.63, 3.8) is 0 Å². The molecule has 0 unspecified atom stereocenters. The summed E-state index contributed by atoms with van der Waals surface area (Å²) in [6.45, 7) is 4.45. The number of amides is 1. The molecule has 0 aliphatic carbocycles. The zero-order valence-corrected chi connectivity index (χ0v) is 12.7. The Morgan fingerprint density at radius 1 is 1.14 bits per heavy atom. The molecule has 0 aromatic heterocycles. The number of piperidine rings is 1. The van der Waals surface area contributed by atoms with Gasteiger partial charge in [-0.3, -0.25) is 14.5 Å². The van der Waals surface area contributed by atoms with Gasteiger partial charge in [0.15, 0.2) is 0 Å². The molecule has 0 saturated carbocycles. The van der Waals surface area contributed by atoms with Crippen molar-refractivity contribution in [3.8, 4) is 0 Å². The van der Waals surface area contributed by atoms with Gasteiger partial charge in [-0.1, -0.05) is 6.07 Å². The van der Waals surface area contributed by atoms with Gasteiger partial charge in [-0.05, 0) is 49.9 Å². The van der Waals surface area contributed by atoms with Crippen LogP contribution in [0.25, 0.3) is 0 Å². The fourth-order valence-corrected chi connectivity index (χ4v) is 3.73. The van der Waals surface area contributed by atoms with Gasteiger partial charge in [0.05, 0.1) is 6.54 Å². The van der Waals surface area contributed by atoms with Crippen molar-refractivity contribution in [2.45, 2.75) is 51.6 Å². The molecule has 21 heavy (non-hydrogen) atoms. The van der Waals surface area contributed by atoms with Crippen LogP contribution in [0.4, 0.5) is 5.69 Å². The summed E-state index contributed by atoms with van der Waals surface area (Å²) in [4.78, 5) is 26.1. The van der Waals surface area contributed by atoms with Gasteiger partial charge in [0, 0.05) is 30.6 Å². The second kappa shape index (κ2) is 5.60. The molecule has 4 nitrogen and oxygen atoms in total. The molecule has 0 radical (unpaired) electrons. The summed E-state index contributed by atoms with van der Waals surface area (Å²) < 4.78 is 0. The maximum absolute atomic E-state index is 12.3. The van der Waals surface area contributed by atoms with E-state index in [-0.39, 0.29) is 18.0 Å². The number of benzene rings is 1. The van der Waals surface area contributed by atoms with Gasteiger partial charge in [-0.15, -0.1) is 0 Å². The molecule has 2 atom stereocenters. The van der Waals surface area contributed by atoms with Crippen molar-refractivity contribution < 1.29 is 9.59 Å². The third kappa shape index (κ3) is 3.16. The number of aryl methyl sites for hydroxylation is 2. The molecule has 2 bridgehead atoms. The Labute approximate surface area is 125 Å². The monoisotopic (exact) mass is 286 g/mol. The van der Waals surface area contributed by atoms with Crippen LogP contribution in [0.3, 0.4) is 0 Å². The Bertz CT molecular complexity index is 546. The Hall–Kier alpha value is -1.68. The lowest BCUT2D eigenvalue weighted by Crippen LogP contribution is -2.46. The average molecular weight is 286 g/mol. The fraction of sp³-hybridized carbons (Fsp3) is 0.529. The summed E-state index contributed by atoms with van der Waals surface area (Å²) in [6, 6.07) is 6.62. The predicted molar refractivity (Wildman–Crippen MR) is 82.3 cm³/mol. The van der Waals surface area contributed by atoms with E-state index in [1.807, 2.05) is 26.0 Å². The summed E-state index contributed by atoms with van der Waals surface area (Å²) in [5, 5.41) is 2.99. The summed E-state index contributed by atoms with van der Waals surface area (Å²) >= 11 is 0. The molecule has 2 saturated heterocycles. The molecule has 1 aromatic rings. The summed E-state index contributed by atoms with van der Waals surface area (Å²) in [6.07, 6.45) is 3.33. The third-order valence-electron chi connectivity index (χ3n) is 4.53. The molecule has 1 aromatic carbocycles. The first-order valence-corrected chi connectivity index (χ1v) is 7.67. The highest BCUT2D eigenvalue weighted by atomic mass is 16.2. The number of hydrogen-bond donors (Lipinski definition) is 1. The molecule has 112 valence electrons. The van der Waals surface area contributed by atoms with Crippen molar-refractivity contribution in [1.29, 1.82) is 0 Å². The number of nitrogens with one attached hydrogen (secondary N) is 1. The van der Waals surface area contributed by atoms with Crippen molar-refractivity contribution >= 4 is 17.4 Å². The largest absolute Gasteiger partial charge is 0.325 e. The highest BCUT2D eigenvalue weighted by Gasteiger charge is 2.40. The van der Waals surface area contributed by atoms with Crippen LogP contribution < -0.4 is 5.32 Å². The molecule has 2 aliphatic rings. The smallest absolute Gasteiger partial charge is 0.238 e. The van der Waals surface area contributed by atoms with Gasteiger partial charge in [-0.25, -0.2) is 0 Å². The molecule has 1 amide bonds. The van der Waals surface area contributed by atoms with Gasteiger partial charge in [0.2, 0.25) is 5.91 Å². The van der Waals surface area contributed by atoms with Crippen LogP contribution in [-0.4, -0.2) is 35.2 Å². The number of rotatable bonds is 3. The SMILES string of the molecule is Cc1cc(C)cc(NC(=O)CN2[C@H]3CC[C@H]2CC(=O)C3)c1. The van der Waals surface area contributed by atoms with E-state index >= 15 is 0 Å². The van der Waals surface area contributed by atoms with Crippen LogP contribution in [0.15, 0.2) is 18.2 Å². The number of ketones is 1. The summed E-state index contributed by atoms with van der Waals surface area (Å²) in [5.74, 6) is 0.375. The van der Waals surface area contributed by atoms with Crippen LogP contribution in [0.2, 0.25) is 0 Å². The van der Waals surface area contributed by atoms with Crippen LogP contribution in [0.1, 0.15) is 36.8 Å². The first-order chi connectivity index (χ1) is 10.0. The van der Waals surface area contributed by atoms with Crippen molar-refractivity contribution in [3.05, 3.63) is 29.3 Å². The fourth-order valence-electron chi connectivity index (χ4n) is 3.73. The Kier molecular flexibility index (Phi) is 3.81. The minimum atomic E-state index is 0.0197. The Morgan fingerprint density at radius 3 is 2.29 bits per heavy atom. The minimum absolute atomic E-state index is 0.0197. The maximum Gasteiger partial charge on any atom is 0.238 e. The van der Waals surface area contributed by atoms with E-state index in [1.165, 1.54) is 0 Å². The van der Waals surface area contributed by atoms with Crippen LogP contribution >= 0.6 is 0 Å². The average Bonchev–Trinajstić information content (AvgIpc) is 2.61. The topological polar surface area (TPSA) is 49.4 Å². The minimum Gasteiger partial charge on any atom is -0.325 e. The second-order valence-electron chi connectivity index (χ2n) is 6.43. The number of carbonyl (C=O) groups is 2. The van der Waals surface area contributed by atoms with E-state index in [0.717, 1.165) is 29.7 Å². The number of carbonyl (C=O) groups excluding carboxylic acids is 2. The highest BCUT2D eigenvalue weighted by Crippen LogP contribution is 2.33. The molecule has 2 heterocycles. The van der Waals surface area contributed by atoms with Crippen molar-refractivity contribution in [2.75, 3.05) is 11.9 Å². The van der Waals surface area contributed by atoms with E-state index in [2.05, 4.69) is 16.3 Å². The van der Waals surface area contributed by atoms with Gasteiger partial charge in [0.25, 0.3) is 0 Å². The van der Waals surface area contributed by atoms with E-state index in [1.54, 1.807) is 0 Å². The molecular formula is C17H22N2O2. The molecule has 1 N–H and O–H groups in total. The van der Waals surface area contributed by atoms with Crippen molar-refractivity contribution in [1.82, 2.24) is 4.90 Å². The molecule has 4 heteroatoms. The van der Waals surface area contributed by atoms with Crippen LogP contribution in [-0.2, 0) is 9.59 Å². The van der Waals surface area contributed by atoms with E-state index in [9.17, 15) is 9.59 Å². The summed E-state index contributed by atoms with van der Waals surface area (Å²) in [5.41, 5.74) is 3.15. The lowest BCUT2D eigenvalue weighted by atomic mass is 10.0. The zero-order chi connectivity index (χ0) is 15.0. The highest BCUT2D eigenvalue weighted by molar-refractivity contribution is 5.92. The molecule has 3 rings (SSSR count). The predicted octanol–water partition coefficient (Wildman–Crippen LogP) is 2.44. The van der Waals surface area contributed by atoms with E-state index in [4.69, 9.17) is 0 Å². The van der Waals surface area contributed by atoms with Gasteiger partial charge >= 0.3 is 0 Å². The Balaban J connectivity index is 1.63. The molecule has 0 spiro atoms. The number of hydrogen-bond acceptors (Lipinski definition) is 3. The van der Waals surface area contributed by atoms with Crippen LogP contribution in [0, 0.1) is 13.8 Å². The molecule has 2 fully saturated rings. The maximum atomic E-state index is 12.3. The lowest BCUT2D eigenvalue weighted by molar-refractivity contribution is -0.126. The third-order valence-corrected chi connectivity index (χ3v) is 4.53. The van der Waals surface area contributed by atoms with Crippen LogP contribution in [0.5, 0.6) is 0 Å². The number of fused-ring (bicyclic) bond motifs is 2.